The van der Waals surface area contributed by atoms with E-state index in [0.717, 1.165) is 27.3 Å². The number of aromatic nitrogens is 2. The number of rotatable bonds is 2. The van der Waals surface area contributed by atoms with Crippen molar-refractivity contribution in [2.75, 3.05) is 0 Å². The Morgan fingerprint density at radius 1 is 0.933 bits per heavy atom. The quantitative estimate of drug-likeness (QED) is 0.316. The molecule has 3 heterocycles. The Kier molecular flexibility index (Phi) is 3.95. The number of fused-ring (bicyclic) bond motifs is 5. The minimum Gasteiger partial charge on any atom is -0.425 e. The van der Waals surface area contributed by atoms with Crippen LogP contribution in [0.4, 0.5) is 0 Å². The summed E-state index contributed by atoms with van der Waals surface area (Å²) in [5, 5.41) is 3.28. The smallest absolute Gasteiger partial charge is 0.299 e. The molecular formula is C26H25N2O2+. The predicted molar refractivity (Wildman–Crippen MR) is 118 cm³/mol. The molecule has 30 heavy (non-hydrogen) atoms. The van der Waals surface area contributed by atoms with Crippen LogP contribution in [0.3, 0.4) is 0 Å². The summed E-state index contributed by atoms with van der Waals surface area (Å²) in [4.78, 5) is 4.77. The van der Waals surface area contributed by atoms with E-state index < -0.39 is 0 Å². The highest BCUT2D eigenvalue weighted by molar-refractivity contribution is 6.17. The molecule has 1 saturated carbocycles. The normalized spacial score (nSPS) is 15.5. The van der Waals surface area contributed by atoms with Crippen LogP contribution in [0, 0.1) is 6.92 Å². The van der Waals surface area contributed by atoms with Crippen molar-refractivity contribution < 1.29 is 13.4 Å². The third kappa shape index (κ3) is 2.67. The fraction of sp³-hybridized carbons (Fsp3) is 0.308. The Morgan fingerprint density at radius 2 is 1.73 bits per heavy atom. The Hall–Kier alpha value is -3.14. The summed E-state index contributed by atoms with van der Waals surface area (Å²) in [6, 6.07) is 14.8. The van der Waals surface area contributed by atoms with Crippen molar-refractivity contribution in [1.29, 1.82) is 0 Å². The lowest BCUT2D eigenvalue weighted by Gasteiger charge is -2.19. The van der Waals surface area contributed by atoms with Crippen LogP contribution in [0.2, 0.25) is 0 Å². The van der Waals surface area contributed by atoms with Gasteiger partial charge in [-0.25, -0.2) is 4.57 Å². The van der Waals surface area contributed by atoms with Gasteiger partial charge in [0.1, 0.15) is 16.9 Å². The molecule has 1 fully saturated rings. The zero-order chi connectivity index (χ0) is 20.2. The van der Waals surface area contributed by atoms with Crippen LogP contribution < -0.4 is 4.57 Å². The van der Waals surface area contributed by atoms with Gasteiger partial charge < -0.3 is 8.83 Å². The van der Waals surface area contributed by atoms with Gasteiger partial charge in [0.05, 0.1) is 12.4 Å². The average molecular weight is 397 g/mol. The van der Waals surface area contributed by atoms with Gasteiger partial charge in [-0.3, -0.25) is 0 Å². The van der Waals surface area contributed by atoms with Gasteiger partial charge in [0.25, 0.3) is 12.1 Å². The molecule has 3 aromatic heterocycles. The molecule has 1 aliphatic rings. The molecule has 0 atom stereocenters. The predicted octanol–water partition coefficient (Wildman–Crippen LogP) is 6.57. The molecule has 0 saturated heterocycles. The van der Waals surface area contributed by atoms with Gasteiger partial charge in [-0.1, -0.05) is 42.4 Å². The molecule has 0 amide bonds. The minimum atomic E-state index is 0.583. The molecule has 2 aromatic carbocycles. The Balaban J connectivity index is 1.52. The highest BCUT2D eigenvalue weighted by atomic mass is 16.5. The van der Waals surface area contributed by atoms with E-state index in [1.54, 1.807) is 0 Å². The lowest BCUT2D eigenvalue weighted by atomic mass is 9.86. The summed E-state index contributed by atoms with van der Waals surface area (Å²) >= 11 is 0. The molecule has 0 radical (unpaired) electrons. The standard InChI is InChI=1S/C26H25N2O2/c1-16-12-20-24(30-26-25(20)18-10-6-7-11-23(18)29-26)13-19(16)22-14-21(27-15-28(22)2)17-8-4-3-5-9-17/h6-7,10-15,17H,3-5,8-9H2,1-2H3/q+1. The lowest BCUT2D eigenvalue weighted by Crippen LogP contribution is -2.32. The fourth-order valence-corrected chi connectivity index (χ4v) is 5.08. The minimum absolute atomic E-state index is 0.583. The van der Waals surface area contributed by atoms with Crippen LogP contribution in [-0.2, 0) is 7.05 Å². The van der Waals surface area contributed by atoms with Crippen molar-refractivity contribution in [1.82, 2.24) is 4.98 Å². The maximum Gasteiger partial charge on any atom is 0.299 e. The van der Waals surface area contributed by atoms with Gasteiger partial charge in [0.2, 0.25) is 0 Å². The van der Waals surface area contributed by atoms with E-state index in [4.69, 9.17) is 13.8 Å². The van der Waals surface area contributed by atoms with E-state index in [2.05, 4.69) is 42.8 Å². The topological polar surface area (TPSA) is 43.0 Å². The van der Waals surface area contributed by atoms with Crippen LogP contribution in [0.5, 0.6) is 0 Å². The maximum atomic E-state index is 6.15. The summed E-state index contributed by atoms with van der Waals surface area (Å²) in [7, 11) is 2.07. The molecule has 150 valence electrons. The first-order valence-electron chi connectivity index (χ1n) is 10.9. The summed E-state index contributed by atoms with van der Waals surface area (Å²) in [6.45, 7) is 2.18. The first kappa shape index (κ1) is 17.7. The molecular weight excluding hydrogens is 372 g/mol. The third-order valence-electron chi connectivity index (χ3n) is 6.71. The summed E-state index contributed by atoms with van der Waals surface area (Å²) in [6.07, 6.45) is 8.44. The van der Waals surface area contributed by atoms with E-state index in [0.29, 0.717) is 11.7 Å². The molecule has 0 aliphatic heterocycles. The number of furan rings is 2. The summed E-state index contributed by atoms with van der Waals surface area (Å²) < 4.78 is 14.2. The second kappa shape index (κ2) is 6.69. The van der Waals surface area contributed by atoms with Gasteiger partial charge in [-0.15, -0.1) is 0 Å². The molecule has 0 spiro atoms. The van der Waals surface area contributed by atoms with E-state index in [1.165, 1.54) is 54.6 Å². The molecule has 0 N–H and O–H groups in total. The van der Waals surface area contributed by atoms with E-state index >= 15 is 0 Å². The zero-order valence-corrected chi connectivity index (χ0v) is 17.4. The highest BCUT2D eigenvalue weighted by Crippen LogP contribution is 2.39. The number of nitrogens with zero attached hydrogens (tertiary/aromatic N) is 2. The molecule has 0 bridgehead atoms. The van der Waals surface area contributed by atoms with Crippen LogP contribution in [0.1, 0.15) is 49.3 Å². The molecule has 1 aliphatic carbocycles. The third-order valence-corrected chi connectivity index (χ3v) is 6.71. The first-order chi connectivity index (χ1) is 14.7. The SMILES string of the molecule is Cc1cc2c(cc1-c1cc(C3CCCCC3)nc[n+]1C)oc1oc3ccccc3c12. The second-order valence-corrected chi connectivity index (χ2v) is 8.67. The largest absolute Gasteiger partial charge is 0.425 e. The van der Waals surface area contributed by atoms with Crippen molar-refractivity contribution in [3.05, 3.63) is 60.0 Å². The van der Waals surface area contributed by atoms with Crippen molar-refractivity contribution in [3.63, 3.8) is 0 Å². The van der Waals surface area contributed by atoms with Crippen LogP contribution in [0.15, 0.2) is 57.6 Å². The summed E-state index contributed by atoms with van der Waals surface area (Å²) in [5.41, 5.74) is 6.56. The monoisotopic (exact) mass is 397 g/mol. The molecule has 6 rings (SSSR count). The fourth-order valence-electron chi connectivity index (χ4n) is 5.08. The molecule has 5 aromatic rings. The van der Waals surface area contributed by atoms with Gasteiger partial charge in [0, 0.05) is 28.3 Å². The maximum absolute atomic E-state index is 6.15. The van der Waals surface area contributed by atoms with Crippen molar-refractivity contribution in [3.8, 4) is 11.3 Å². The van der Waals surface area contributed by atoms with E-state index in [-0.39, 0.29) is 0 Å². The summed E-state index contributed by atoms with van der Waals surface area (Å²) in [5.74, 6) is 1.19. The number of hydrogen-bond acceptors (Lipinski definition) is 3. The number of aryl methyl sites for hydroxylation is 2. The zero-order valence-electron chi connectivity index (χ0n) is 17.4. The van der Waals surface area contributed by atoms with Crippen molar-refractivity contribution in [2.45, 2.75) is 44.9 Å². The lowest BCUT2D eigenvalue weighted by molar-refractivity contribution is -0.663. The van der Waals surface area contributed by atoms with Crippen LogP contribution >= 0.6 is 0 Å². The van der Waals surface area contributed by atoms with Crippen molar-refractivity contribution >= 4 is 33.1 Å². The van der Waals surface area contributed by atoms with Gasteiger partial charge in [0.15, 0.2) is 5.69 Å². The van der Waals surface area contributed by atoms with Crippen molar-refractivity contribution in [2.24, 2.45) is 7.05 Å². The van der Waals surface area contributed by atoms with Crippen LogP contribution in [0.25, 0.3) is 44.4 Å². The first-order valence-corrected chi connectivity index (χ1v) is 10.9. The van der Waals surface area contributed by atoms with Crippen LogP contribution in [-0.4, -0.2) is 4.98 Å². The highest BCUT2D eigenvalue weighted by Gasteiger charge is 2.24. The number of hydrogen-bond donors (Lipinski definition) is 0. The van der Waals surface area contributed by atoms with Gasteiger partial charge in [-0.2, -0.15) is 0 Å². The molecule has 0 unspecified atom stereocenters. The number of para-hydroxylation sites is 1. The second-order valence-electron chi connectivity index (χ2n) is 8.67. The molecule has 4 nitrogen and oxygen atoms in total. The van der Waals surface area contributed by atoms with Gasteiger partial charge in [-0.05, 0) is 43.5 Å². The van der Waals surface area contributed by atoms with Gasteiger partial charge >= 0.3 is 0 Å². The Bertz CT molecular complexity index is 1400. The number of benzene rings is 2. The van der Waals surface area contributed by atoms with E-state index in [1.807, 2.05) is 24.5 Å². The Morgan fingerprint density at radius 3 is 2.60 bits per heavy atom. The molecule has 4 heteroatoms. The average Bonchev–Trinajstić information content (AvgIpc) is 3.30. The Labute approximate surface area is 175 Å². The van der Waals surface area contributed by atoms with E-state index in [9.17, 15) is 0 Å².